The van der Waals surface area contributed by atoms with Crippen LogP contribution in [-0.2, 0) is 4.79 Å². The van der Waals surface area contributed by atoms with Crippen LogP contribution in [0.4, 0.5) is 5.82 Å². The predicted octanol–water partition coefficient (Wildman–Crippen LogP) is 4.12. The molecule has 2 heterocycles. The van der Waals surface area contributed by atoms with Crippen molar-refractivity contribution in [2.75, 3.05) is 5.32 Å². The average molecular weight is 319 g/mol. The SMILES string of the molecule is Cc1ccc(NC(=O)C[C@@H](c2ccccc2C)n2cccc2)nc1. The van der Waals surface area contributed by atoms with E-state index in [0.717, 1.165) is 11.1 Å². The number of benzene rings is 1. The maximum atomic E-state index is 12.5. The molecule has 0 spiro atoms. The van der Waals surface area contributed by atoms with Gasteiger partial charge in [0.1, 0.15) is 5.82 Å². The number of carbonyl (C=O) groups is 1. The molecule has 2 aromatic heterocycles. The van der Waals surface area contributed by atoms with Crippen LogP contribution in [0.15, 0.2) is 67.1 Å². The van der Waals surface area contributed by atoms with Crippen molar-refractivity contribution in [3.63, 3.8) is 0 Å². The Morgan fingerprint density at radius 2 is 1.83 bits per heavy atom. The molecule has 1 atom stereocenters. The van der Waals surface area contributed by atoms with Gasteiger partial charge in [-0.25, -0.2) is 4.98 Å². The van der Waals surface area contributed by atoms with Crippen molar-refractivity contribution in [3.05, 3.63) is 83.8 Å². The molecule has 0 bridgehead atoms. The molecular formula is C20H21N3O. The maximum absolute atomic E-state index is 12.5. The van der Waals surface area contributed by atoms with Crippen LogP contribution < -0.4 is 5.32 Å². The Kier molecular flexibility index (Phi) is 4.75. The van der Waals surface area contributed by atoms with Crippen molar-refractivity contribution in [2.24, 2.45) is 0 Å². The molecule has 1 N–H and O–H groups in total. The summed E-state index contributed by atoms with van der Waals surface area (Å²) in [6, 6.07) is 15.9. The number of nitrogens with one attached hydrogen (secondary N) is 1. The van der Waals surface area contributed by atoms with Gasteiger partial charge in [-0.2, -0.15) is 0 Å². The third-order valence-corrected chi connectivity index (χ3v) is 4.09. The normalized spacial score (nSPS) is 11.9. The highest BCUT2D eigenvalue weighted by atomic mass is 16.1. The second-order valence-electron chi connectivity index (χ2n) is 5.98. The fourth-order valence-corrected chi connectivity index (χ4v) is 2.80. The molecule has 4 nitrogen and oxygen atoms in total. The number of hydrogen-bond acceptors (Lipinski definition) is 2. The summed E-state index contributed by atoms with van der Waals surface area (Å²) < 4.78 is 2.07. The first-order valence-corrected chi connectivity index (χ1v) is 8.04. The van der Waals surface area contributed by atoms with Crippen LogP contribution in [0, 0.1) is 13.8 Å². The first-order chi connectivity index (χ1) is 11.6. The van der Waals surface area contributed by atoms with E-state index >= 15 is 0 Å². The standard InChI is InChI=1S/C20H21N3O/c1-15-9-10-19(21-14-15)22-20(24)13-18(23-11-5-6-12-23)17-8-4-3-7-16(17)2/h3-12,14,18H,13H2,1-2H3,(H,21,22,24)/t18-/m0/s1. The monoisotopic (exact) mass is 319 g/mol. The number of amides is 1. The van der Waals surface area contributed by atoms with Crippen molar-refractivity contribution in [3.8, 4) is 0 Å². The first kappa shape index (κ1) is 16.0. The highest BCUT2D eigenvalue weighted by Gasteiger charge is 2.19. The number of rotatable bonds is 5. The van der Waals surface area contributed by atoms with Gasteiger partial charge in [-0.1, -0.05) is 30.3 Å². The molecule has 1 amide bonds. The van der Waals surface area contributed by atoms with Crippen LogP contribution in [-0.4, -0.2) is 15.5 Å². The molecule has 0 unspecified atom stereocenters. The summed E-state index contributed by atoms with van der Waals surface area (Å²) in [4.78, 5) is 16.8. The minimum absolute atomic E-state index is 0.0355. The number of nitrogens with zero attached hydrogens (tertiary/aromatic N) is 2. The second-order valence-corrected chi connectivity index (χ2v) is 5.98. The summed E-state index contributed by atoms with van der Waals surface area (Å²) in [5.41, 5.74) is 3.40. The van der Waals surface area contributed by atoms with Crippen molar-refractivity contribution in [2.45, 2.75) is 26.3 Å². The maximum Gasteiger partial charge on any atom is 0.227 e. The Morgan fingerprint density at radius 3 is 2.50 bits per heavy atom. The van der Waals surface area contributed by atoms with Crippen LogP contribution in [0.5, 0.6) is 0 Å². The van der Waals surface area contributed by atoms with Crippen LogP contribution in [0.2, 0.25) is 0 Å². The quantitative estimate of drug-likeness (QED) is 0.769. The summed E-state index contributed by atoms with van der Waals surface area (Å²) in [7, 11) is 0. The Balaban J connectivity index is 1.81. The zero-order chi connectivity index (χ0) is 16.9. The summed E-state index contributed by atoms with van der Waals surface area (Å²) in [5, 5.41) is 2.89. The van der Waals surface area contributed by atoms with Gasteiger partial charge in [0, 0.05) is 18.6 Å². The Morgan fingerprint density at radius 1 is 1.08 bits per heavy atom. The van der Waals surface area contributed by atoms with Crippen LogP contribution in [0.25, 0.3) is 0 Å². The summed E-state index contributed by atoms with van der Waals surface area (Å²) in [6.45, 7) is 4.05. The molecule has 1 aromatic carbocycles. The van der Waals surface area contributed by atoms with E-state index in [1.54, 1.807) is 6.20 Å². The van der Waals surface area contributed by atoms with Gasteiger partial charge >= 0.3 is 0 Å². The second kappa shape index (κ2) is 7.13. The van der Waals surface area contributed by atoms with Crippen molar-refractivity contribution in [1.82, 2.24) is 9.55 Å². The highest BCUT2D eigenvalue weighted by molar-refractivity contribution is 5.90. The minimum Gasteiger partial charge on any atom is -0.346 e. The number of aryl methyl sites for hydroxylation is 2. The third-order valence-electron chi connectivity index (χ3n) is 4.09. The van der Waals surface area contributed by atoms with E-state index in [0.29, 0.717) is 12.2 Å². The topological polar surface area (TPSA) is 46.9 Å². The van der Waals surface area contributed by atoms with E-state index in [4.69, 9.17) is 0 Å². The molecule has 0 saturated carbocycles. The fourth-order valence-electron chi connectivity index (χ4n) is 2.80. The Bertz CT molecular complexity index is 807. The van der Waals surface area contributed by atoms with Crippen LogP contribution in [0.1, 0.15) is 29.2 Å². The fraction of sp³-hybridized carbons (Fsp3) is 0.200. The molecule has 24 heavy (non-hydrogen) atoms. The molecule has 4 heteroatoms. The van der Waals surface area contributed by atoms with Crippen molar-refractivity contribution in [1.29, 1.82) is 0 Å². The van der Waals surface area contributed by atoms with E-state index in [2.05, 4.69) is 33.9 Å². The van der Waals surface area contributed by atoms with E-state index < -0.39 is 0 Å². The van der Waals surface area contributed by atoms with Gasteiger partial charge in [0.15, 0.2) is 0 Å². The van der Waals surface area contributed by atoms with E-state index in [-0.39, 0.29) is 11.9 Å². The number of carbonyl (C=O) groups excluding carboxylic acids is 1. The highest BCUT2D eigenvalue weighted by Crippen LogP contribution is 2.25. The van der Waals surface area contributed by atoms with Crippen molar-refractivity contribution >= 4 is 11.7 Å². The molecule has 0 aliphatic carbocycles. The first-order valence-electron chi connectivity index (χ1n) is 8.04. The Labute approximate surface area is 142 Å². The zero-order valence-electron chi connectivity index (χ0n) is 13.9. The van der Waals surface area contributed by atoms with E-state index in [1.165, 1.54) is 5.56 Å². The Hall–Kier alpha value is -2.88. The van der Waals surface area contributed by atoms with Gasteiger partial charge < -0.3 is 9.88 Å². The van der Waals surface area contributed by atoms with Gasteiger partial charge in [0.25, 0.3) is 0 Å². The van der Waals surface area contributed by atoms with Gasteiger partial charge in [0.05, 0.1) is 12.5 Å². The van der Waals surface area contributed by atoms with Crippen LogP contribution in [0.3, 0.4) is 0 Å². The number of pyridine rings is 1. The van der Waals surface area contributed by atoms with Gasteiger partial charge in [-0.3, -0.25) is 4.79 Å². The number of anilines is 1. The minimum atomic E-state index is -0.0479. The van der Waals surface area contributed by atoms with E-state index in [9.17, 15) is 4.79 Å². The zero-order valence-corrected chi connectivity index (χ0v) is 13.9. The summed E-state index contributed by atoms with van der Waals surface area (Å²) in [6.07, 6.45) is 6.10. The summed E-state index contributed by atoms with van der Waals surface area (Å²) in [5.74, 6) is 0.537. The molecule has 0 fully saturated rings. The largest absolute Gasteiger partial charge is 0.346 e. The molecule has 0 radical (unpaired) electrons. The lowest BCUT2D eigenvalue weighted by atomic mass is 9.98. The van der Waals surface area contributed by atoms with Crippen LogP contribution >= 0.6 is 0 Å². The molecular weight excluding hydrogens is 298 g/mol. The van der Waals surface area contributed by atoms with E-state index in [1.807, 2.05) is 55.7 Å². The van der Waals surface area contributed by atoms with Crippen molar-refractivity contribution < 1.29 is 4.79 Å². The van der Waals surface area contributed by atoms with Gasteiger partial charge in [-0.05, 0) is 48.7 Å². The average Bonchev–Trinajstić information content (AvgIpc) is 3.10. The van der Waals surface area contributed by atoms with Gasteiger partial charge in [-0.15, -0.1) is 0 Å². The van der Waals surface area contributed by atoms with Gasteiger partial charge in [0.2, 0.25) is 5.91 Å². The summed E-state index contributed by atoms with van der Waals surface area (Å²) >= 11 is 0. The number of aromatic nitrogens is 2. The molecule has 122 valence electrons. The predicted molar refractivity (Wildman–Crippen MR) is 96.0 cm³/mol. The lowest BCUT2D eigenvalue weighted by molar-refractivity contribution is -0.116. The number of hydrogen-bond donors (Lipinski definition) is 1. The lowest BCUT2D eigenvalue weighted by Crippen LogP contribution is -2.20. The smallest absolute Gasteiger partial charge is 0.227 e. The third kappa shape index (κ3) is 3.71. The molecule has 0 aliphatic heterocycles. The lowest BCUT2D eigenvalue weighted by Gasteiger charge is -2.21. The molecule has 0 saturated heterocycles. The molecule has 3 aromatic rings. The molecule has 3 rings (SSSR count). The molecule has 0 aliphatic rings.